The van der Waals surface area contributed by atoms with Crippen LogP contribution in [0.3, 0.4) is 0 Å². The Morgan fingerprint density at radius 3 is 2.16 bits per heavy atom. The minimum atomic E-state index is -1.81. The number of ketones is 2. The number of phenolic OH excluding ortho intramolecular Hbond substituents is 1. The molecule has 14 heteroatoms. The molecule has 3 rings (SSSR count). The van der Waals surface area contributed by atoms with E-state index in [1.165, 1.54) is 11.0 Å². The number of hydrogen-bond donors (Lipinski definition) is 7. The van der Waals surface area contributed by atoms with Crippen LogP contribution in [0.15, 0.2) is 17.4 Å². The van der Waals surface area contributed by atoms with Crippen molar-refractivity contribution in [2.75, 3.05) is 45.0 Å². The maximum atomic E-state index is 13.8. The molecule has 14 nitrogen and oxygen atoms in total. The molecule has 5 atom stereocenters. The Bertz CT molecular complexity index is 1380. The van der Waals surface area contributed by atoms with Gasteiger partial charge in [0, 0.05) is 31.2 Å². The largest absolute Gasteiger partial charge is 0.510 e. The summed E-state index contributed by atoms with van der Waals surface area (Å²) in [5.74, 6) is -10.1. The number of carbonyl (C=O) groups is 5. The lowest BCUT2D eigenvalue weighted by Crippen LogP contribution is -2.53. The van der Waals surface area contributed by atoms with Crippen molar-refractivity contribution in [2.45, 2.75) is 51.3 Å². The minimum Gasteiger partial charge on any atom is -0.510 e. The number of likely N-dealkylation sites (N-methyl/N-ethyl adjacent to an activating group) is 1. The number of aliphatic carboxylic acids is 1. The number of amides is 2. The first-order valence-corrected chi connectivity index (χ1v) is 13.8. The summed E-state index contributed by atoms with van der Waals surface area (Å²) in [5.41, 5.74) is 4.67. The maximum absolute atomic E-state index is 13.8. The molecule has 2 aliphatic rings. The molecule has 2 aliphatic carbocycles. The van der Waals surface area contributed by atoms with Gasteiger partial charge in [-0.2, -0.15) is 0 Å². The SMILES string of the molecule is CN(C)c1cc(NC(=O)CNC(C)(C)C)c(O)c2c1C[C@@H](C[C@H]1[C@H](O)C(=O)C(C(N)=O)=C(O)[C@@H]1N(C)C)C(C(=O)O)C2=O. The van der Waals surface area contributed by atoms with Crippen LogP contribution in [-0.2, 0) is 25.6 Å². The van der Waals surface area contributed by atoms with E-state index in [-0.39, 0.29) is 36.2 Å². The van der Waals surface area contributed by atoms with Gasteiger partial charge in [0.05, 0.1) is 23.8 Å². The Morgan fingerprint density at radius 1 is 1.07 bits per heavy atom. The number of fused-ring (bicyclic) bond motifs is 1. The molecule has 1 aromatic rings. The number of benzene rings is 1. The number of nitrogens with two attached hydrogens (primary N) is 1. The lowest BCUT2D eigenvalue weighted by Gasteiger charge is -2.41. The van der Waals surface area contributed by atoms with E-state index < -0.39 is 76.3 Å². The van der Waals surface area contributed by atoms with Gasteiger partial charge >= 0.3 is 5.97 Å². The fourth-order valence-corrected chi connectivity index (χ4v) is 5.96. The molecule has 8 N–H and O–H groups in total. The monoisotopic (exact) mass is 603 g/mol. The second-order valence-corrected chi connectivity index (χ2v) is 12.6. The molecule has 236 valence electrons. The van der Waals surface area contributed by atoms with Crippen molar-refractivity contribution in [1.82, 2.24) is 10.2 Å². The third-order valence-corrected chi connectivity index (χ3v) is 7.89. The number of nitrogens with one attached hydrogen (secondary N) is 2. The summed E-state index contributed by atoms with van der Waals surface area (Å²) < 4.78 is 0. The second kappa shape index (κ2) is 12.3. The highest BCUT2D eigenvalue weighted by molar-refractivity contribution is 6.21. The van der Waals surface area contributed by atoms with Crippen LogP contribution < -0.4 is 21.3 Å². The number of nitrogens with zero attached hydrogens (tertiary/aromatic N) is 2. The summed E-state index contributed by atoms with van der Waals surface area (Å²) in [4.78, 5) is 66.8. The van der Waals surface area contributed by atoms with Gasteiger partial charge in [-0.25, -0.2) is 0 Å². The number of carboxylic acid groups (broad SMARTS) is 1. The number of anilines is 2. The highest BCUT2D eigenvalue weighted by Crippen LogP contribution is 2.47. The number of aromatic hydroxyl groups is 1. The van der Waals surface area contributed by atoms with Crippen molar-refractivity contribution in [2.24, 2.45) is 23.5 Å². The zero-order valence-electron chi connectivity index (χ0n) is 25.4. The summed E-state index contributed by atoms with van der Waals surface area (Å²) in [5, 5.41) is 48.7. The van der Waals surface area contributed by atoms with Gasteiger partial charge in [0.25, 0.3) is 5.91 Å². The molecule has 0 radical (unpaired) electrons. The van der Waals surface area contributed by atoms with Gasteiger partial charge in [0.2, 0.25) is 11.7 Å². The smallest absolute Gasteiger partial charge is 0.314 e. The molecule has 0 fully saturated rings. The first kappa shape index (κ1) is 33.5. The van der Waals surface area contributed by atoms with Crippen molar-refractivity contribution >= 4 is 40.7 Å². The molecular weight excluding hydrogens is 562 g/mol. The first-order valence-electron chi connectivity index (χ1n) is 13.8. The molecule has 0 spiro atoms. The Balaban J connectivity index is 2.09. The lowest BCUT2D eigenvalue weighted by atomic mass is 9.67. The van der Waals surface area contributed by atoms with Crippen molar-refractivity contribution in [3.8, 4) is 5.75 Å². The van der Waals surface area contributed by atoms with E-state index >= 15 is 0 Å². The number of aliphatic hydroxyl groups is 2. The van der Waals surface area contributed by atoms with E-state index in [9.17, 15) is 44.4 Å². The van der Waals surface area contributed by atoms with Gasteiger partial charge in [-0.05, 0) is 65.3 Å². The van der Waals surface area contributed by atoms with Gasteiger partial charge in [0.1, 0.15) is 29.1 Å². The number of carboxylic acids is 1. The van der Waals surface area contributed by atoms with E-state index in [2.05, 4.69) is 10.6 Å². The van der Waals surface area contributed by atoms with E-state index in [0.29, 0.717) is 11.3 Å². The Morgan fingerprint density at radius 2 is 1.67 bits per heavy atom. The predicted octanol–water partition coefficient (Wildman–Crippen LogP) is 0.0181. The predicted molar refractivity (Wildman–Crippen MR) is 157 cm³/mol. The third kappa shape index (κ3) is 6.65. The van der Waals surface area contributed by atoms with Crippen LogP contribution in [0.1, 0.15) is 43.1 Å². The number of primary amides is 1. The van der Waals surface area contributed by atoms with Gasteiger partial charge < -0.3 is 41.7 Å². The van der Waals surface area contributed by atoms with Crippen LogP contribution in [0.5, 0.6) is 5.75 Å². The van der Waals surface area contributed by atoms with Gasteiger partial charge in [-0.3, -0.25) is 28.9 Å². The highest BCUT2D eigenvalue weighted by atomic mass is 16.4. The van der Waals surface area contributed by atoms with Gasteiger partial charge in [-0.15, -0.1) is 0 Å². The Labute approximate surface area is 249 Å². The lowest BCUT2D eigenvalue weighted by molar-refractivity contribution is -0.142. The molecule has 1 unspecified atom stereocenters. The summed E-state index contributed by atoms with van der Waals surface area (Å²) in [6.07, 6.45) is -2.07. The van der Waals surface area contributed by atoms with Crippen LogP contribution in [0.25, 0.3) is 0 Å². The fraction of sp³-hybridized carbons (Fsp3) is 0.552. The molecule has 43 heavy (non-hydrogen) atoms. The van der Waals surface area contributed by atoms with Crippen molar-refractivity contribution in [1.29, 1.82) is 0 Å². The van der Waals surface area contributed by atoms with E-state index in [0.717, 1.165) is 0 Å². The minimum absolute atomic E-state index is 0.0520. The summed E-state index contributed by atoms with van der Waals surface area (Å²) >= 11 is 0. The molecule has 2 amide bonds. The number of aliphatic hydroxyl groups excluding tert-OH is 2. The zero-order chi connectivity index (χ0) is 32.7. The van der Waals surface area contributed by atoms with E-state index in [1.807, 2.05) is 20.8 Å². The van der Waals surface area contributed by atoms with Crippen LogP contribution in [-0.4, -0.2) is 107 Å². The molecule has 1 aromatic carbocycles. The van der Waals surface area contributed by atoms with E-state index in [4.69, 9.17) is 5.73 Å². The molecule has 0 bridgehead atoms. The number of rotatable bonds is 9. The molecule has 0 saturated carbocycles. The normalized spacial score (nSPS) is 24.2. The average Bonchev–Trinajstić information content (AvgIpc) is 2.86. The molecule has 0 aliphatic heterocycles. The summed E-state index contributed by atoms with van der Waals surface area (Å²) in [6.45, 7) is 5.54. The third-order valence-electron chi connectivity index (χ3n) is 7.89. The average molecular weight is 604 g/mol. The van der Waals surface area contributed by atoms with Crippen molar-refractivity contribution in [3.05, 3.63) is 28.5 Å². The van der Waals surface area contributed by atoms with Gasteiger partial charge in [0.15, 0.2) is 5.78 Å². The van der Waals surface area contributed by atoms with Crippen LogP contribution in [0.4, 0.5) is 11.4 Å². The van der Waals surface area contributed by atoms with Crippen molar-refractivity contribution in [3.63, 3.8) is 0 Å². The molecular formula is C29H41N5O9. The van der Waals surface area contributed by atoms with Gasteiger partial charge in [-0.1, -0.05) is 0 Å². The maximum Gasteiger partial charge on any atom is 0.314 e. The quantitative estimate of drug-likeness (QED) is 0.113. The molecule has 0 saturated heterocycles. The van der Waals surface area contributed by atoms with Crippen LogP contribution in [0.2, 0.25) is 0 Å². The first-order chi connectivity index (χ1) is 19.8. The second-order valence-electron chi connectivity index (χ2n) is 12.6. The zero-order valence-corrected chi connectivity index (χ0v) is 25.4. The van der Waals surface area contributed by atoms with Crippen LogP contribution in [0, 0.1) is 17.8 Å². The summed E-state index contributed by atoms with van der Waals surface area (Å²) in [6, 6.07) is 0.409. The molecule has 0 heterocycles. The van der Waals surface area contributed by atoms with E-state index in [1.54, 1.807) is 33.1 Å². The topological polar surface area (TPSA) is 223 Å². The fourth-order valence-electron chi connectivity index (χ4n) is 5.96. The standard InChI is InChI=1S/C29H41N5O9/c1-29(2,3)31-11-17(35)32-15-10-16(33(4)5)13-8-12(18(28(42)43)24(38)19(13)23(15)37)9-14-21(34(6)7)25(39)20(27(30)41)26(40)22(14)36/h10,12,14,18,21-22,31,36-37,39H,8-9,11H2,1-7H3,(H2,30,41)(H,32,35)(H,42,43)/t12-,14+,18?,21+,22-/m0/s1. The highest BCUT2D eigenvalue weighted by Gasteiger charge is 2.50. The molecule has 0 aromatic heterocycles. The number of carbonyl (C=O) groups excluding carboxylic acids is 4. The number of hydrogen-bond acceptors (Lipinski definition) is 11. The Hall–Kier alpha value is -4.01. The van der Waals surface area contributed by atoms with Crippen molar-refractivity contribution < 1.29 is 44.4 Å². The summed E-state index contributed by atoms with van der Waals surface area (Å²) in [7, 11) is 6.45. The van der Waals surface area contributed by atoms with Crippen LogP contribution >= 0.6 is 0 Å². The number of phenols is 1. The Kier molecular flexibility index (Phi) is 9.59. The number of Topliss-reactive ketones (excluding diaryl/α,β-unsaturated/α-hetero) is 2.